The van der Waals surface area contributed by atoms with Crippen LogP contribution in [0.1, 0.15) is 51.3 Å². The zero-order valence-corrected chi connectivity index (χ0v) is 12.7. The first-order chi connectivity index (χ1) is 8.90. The van der Waals surface area contributed by atoms with Crippen molar-refractivity contribution in [3.63, 3.8) is 0 Å². The molecule has 0 fully saturated rings. The first-order valence-corrected chi connectivity index (χ1v) is 7.09. The Hall–Kier alpha value is -0.930. The van der Waals surface area contributed by atoms with Crippen LogP contribution in [0.2, 0.25) is 0 Å². The molecule has 19 heavy (non-hydrogen) atoms. The van der Waals surface area contributed by atoms with Crippen molar-refractivity contribution in [1.82, 2.24) is 4.90 Å². The van der Waals surface area contributed by atoms with E-state index in [1.54, 1.807) is 12.1 Å². The van der Waals surface area contributed by atoms with E-state index in [4.69, 9.17) is 0 Å². The normalized spacial score (nSPS) is 16.4. The molecule has 1 aromatic carbocycles. The van der Waals surface area contributed by atoms with Crippen LogP contribution >= 0.6 is 0 Å². The predicted octanol–water partition coefficient (Wildman–Crippen LogP) is 3.68. The summed E-state index contributed by atoms with van der Waals surface area (Å²) < 4.78 is 14.0. The quantitative estimate of drug-likeness (QED) is 0.850. The number of aryl methyl sites for hydroxylation is 1. The molecule has 2 atom stereocenters. The van der Waals surface area contributed by atoms with Gasteiger partial charge in [-0.25, -0.2) is 4.39 Å². The molecular formula is C16H26FNO. The molecule has 0 aromatic heterocycles. The van der Waals surface area contributed by atoms with Gasteiger partial charge in [0.05, 0.1) is 6.10 Å². The van der Waals surface area contributed by atoms with Crippen LogP contribution in [0.5, 0.6) is 0 Å². The van der Waals surface area contributed by atoms with Gasteiger partial charge in [-0.15, -0.1) is 0 Å². The van der Waals surface area contributed by atoms with Gasteiger partial charge in [0.25, 0.3) is 0 Å². The molecule has 0 bridgehead atoms. The van der Waals surface area contributed by atoms with Crippen molar-refractivity contribution in [3.8, 4) is 0 Å². The van der Waals surface area contributed by atoms with Crippen molar-refractivity contribution < 1.29 is 9.50 Å². The van der Waals surface area contributed by atoms with Crippen molar-refractivity contribution in [1.29, 1.82) is 0 Å². The summed E-state index contributed by atoms with van der Waals surface area (Å²) in [5, 5.41) is 10.7. The fourth-order valence-corrected chi connectivity index (χ4v) is 2.74. The monoisotopic (exact) mass is 267 g/mol. The molecule has 1 rings (SSSR count). The summed E-state index contributed by atoms with van der Waals surface area (Å²) >= 11 is 0. The van der Waals surface area contributed by atoms with E-state index in [1.807, 2.05) is 20.8 Å². The summed E-state index contributed by atoms with van der Waals surface area (Å²) in [5.74, 6) is -0.329. The number of halogens is 1. The van der Waals surface area contributed by atoms with Gasteiger partial charge in [-0.1, -0.05) is 38.5 Å². The second-order valence-electron chi connectivity index (χ2n) is 5.31. The van der Waals surface area contributed by atoms with Crippen molar-refractivity contribution in [2.24, 2.45) is 0 Å². The lowest BCUT2D eigenvalue weighted by molar-refractivity contribution is -0.0231. The van der Waals surface area contributed by atoms with Crippen LogP contribution in [0.15, 0.2) is 18.2 Å². The molecule has 108 valence electrons. The number of hydrogen-bond donors (Lipinski definition) is 1. The maximum atomic E-state index is 14.0. The zero-order valence-electron chi connectivity index (χ0n) is 12.7. The molecule has 0 spiro atoms. The van der Waals surface area contributed by atoms with Gasteiger partial charge >= 0.3 is 0 Å². The third kappa shape index (κ3) is 3.15. The van der Waals surface area contributed by atoms with Crippen molar-refractivity contribution in [3.05, 3.63) is 35.1 Å². The third-order valence-corrected chi connectivity index (χ3v) is 4.24. The molecule has 0 aliphatic rings. The number of rotatable bonds is 6. The molecule has 0 saturated heterocycles. The topological polar surface area (TPSA) is 23.5 Å². The number of benzene rings is 1. The summed E-state index contributed by atoms with van der Waals surface area (Å²) in [6.07, 6.45) is -0.0549. The van der Waals surface area contributed by atoms with E-state index >= 15 is 0 Å². The molecule has 3 heteroatoms. The second kappa shape index (κ2) is 6.49. The van der Waals surface area contributed by atoms with Crippen molar-refractivity contribution in [2.75, 3.05) is 13.1 Å². The number of aliphatic hydroxyl groups excluding tert-OH is 1. The minimum atomic E-state index is -0.822. The average Bonchev–Trinajstić information content (AvgIpc) is 2.41. The minimum Gasteiger partial charge on any atom is -0.386 e. The van der Waals surface area contributed by atoms with Crippen LogP contribution < -0.4 is 0 Å². The number of hydrogen-bond acceptors (Lipinski definition) is 2. The molecule has 2 nitrogen and oxygen atoms in total. The van der Waals surface area contributed by atoms with Crippen LogP contribution in [0.3, 0.4) is 0 Å². The van der Waals surface area contributed by atoms with Crippen LogP contribution in [0, 0.1) is 12.7 Å². The Morgan fingerprint density at radius 1 is 1.26 bits per heavy atom. The molecule has 0 radical (unpaired) electrons. The van der Waals surface area contributed by atoms with Crippen LogP contribution in [-0.4, -0.2) is 28.6 Å². The summed E-state index contributed by atoms with van der Waals surface area (Å²) in [4.78, 5) is 2.19. The van der Waals surface area contributed by atoms with Gasteiger partial charge in [-0.05, 0) is 39.4 Å². The number of aliphatic hydroxyl groups is 1. The van der Waals surface area contributed by atoms with E-state index in [9.17, 15) is 9.50 Å². The van der Waals surface area contributed by atoms with E-state index in [0.29, 0.717) is 5.56 Å². The van der Waals surface area contributed by atoms with E-state index in [1.165, 1.54) is 6.07 Å². The molecule has 0 aliphatic carbocycles. The Morgan fingerprint density at radius 2 is 1.84 bits per heavy atom. The fraction of sp³-hybridized carbons (Fsp3) is 0.625. The highest BCUT2D eigenvalue weighted by atomic mass is 19.1. The Kier molecular flexibility index (Phi) is 5.50. The molecule has 0 aliphatic heterocycles. The average molecular weight is 267 g/mol. The molecule has 1 aromatic rings. The van der Waals surface area contributed by atoms with E-state index in [2.05, 4.69) is 18.7 Å². The lowest BCUT2D eigenvalue weighted by atomic mass is 9.84. The first-order valence-electron chi connectivity index (χ1n) is 7.09. The second-order valence-corrected chi connectivity index (χ2v) is 5.31. The fourth-order valence-electron chi connectivity index (χ4n) is 2.74. The van der Waals surface area contributed by atoms with Crippen molar-refractivity contribution >= 4 is 0 Å². The highest BCUT2D eigenvalue weighted by Gasteiger charge is 2.38. The van der Waals surface area contributed by atoms with E-state index in [-0.39, 0.29) is 5.82 Å². The maximum Gasteiger partial charge on any atom is 0.129 e. The molecule has 0 heterocycles. The maximum absolute atomic E-state index is 14.0. The SMILES string of the molecule is CCN(CC)C(C)(CC)C(O)c1cc(C)ccc1F. The van der Waals surface area contributed by atoms with Gasteiger partial charge in [0.15, 0.2) is 0 Å². The van der Waals surface area contributed by atoms with Gasteiger partial charge in [0, 0.05) is 11.1 Å². The number of likely N-dealkylation sites (N-methyl/N-ethyl adjacent to an activating group) is 1. The lowest BCUT2D eigenvalue weighted by Gasteiger charge is -2.43. The van der Waals surface area contributed by atoms with Crippen LogP contribution in [0.25, 0.3) is 0 Å². The Balaban J connectivity index is 3.20. The minimum absolute atomic E-state index is 0.329. The van der Waals surface area contributed by atoms with Gasteiger partial charge in [-0.2, -0.15) is 0 Å². The Morgan fingerprint density at radius 3 is 2.32 bits per heavy atom. The van der Waals surface area contributed by atoms with Crippen molar-refractivity contribution in [2.45, 2.75) is 52.7 Å². The lowest BCUT2D eigenvalue weighted by Crippen LogP contribution is -2.50. The standard InChI is InChI=1S/C16H26FNO/c1-6-16(5,18(7-2)8-3)15(19)13-11-12(4)9-10-14(13)17/h9-11,15,19H,6-8H2,1-5H3. The highest BCUT2D eigenvalue weighted by molar-refractivity contribution is 5.28. The molecule has 0 amide bonds. The van der Waals surface area contributed by atoms with Crippen LogP contribution in [0.4, 0.5) is 4.39 Å². The smallest absolute Gasteiger partial charge is 0.129 e. The molecule has 2 unspecified atom stereocenters. The van der Waals surface area contributed by atoms with Gasteiger partial charge in [0.2, 0.25) is 0 Å². The summed E-state index contributed by atoms with van der Waals surface area (Å²) in [6.45, 7) is 11.8. The molecule has 0 saturated carbocycles. The third-order valence-electron chi connectivity index (χ3n) is 4.24. The van der Waals surface area contributed by atoms with Gasteiger partial charge in [0.1, 0.15) is 5.82 Å². The summed E-state index contributed by atoms with van der Waals surface area (Å²) in [5.41, 5.74) is 0.919. The summed E-state index contributed by atoms with van der Waals surface area (Å²) in [6, 6.07) is 4.91. The van der Waals surface area contributed by atoms with Crippen LogP contribution in [-0.2, 0) is 0 Å². The molecular weight excluding hydrogens is 241 g/mol. The Labute approximate surface area is 116 Å². The largest absolute Gasteiger partial charge is 0.386 e. The Bertz CT molecular complexity index is 417. The predicted molar refractivity (Wildman–Crippen MR) is 77.7 cm³/mol. The molecule has 1 N–H and O–H groups in total. The van der Waals surface area contributed by atoms with Gasteiger partial charge in [-0.3, -0.25) is 4.90 Å². The van der Waals surface area contributed by atoms with E-state index in [0.717, 1.165) is 25.1 Å². The van der Waals surface area contributed by atoms with Gasteiger partial charge < -0.3 is 5.11 Å². The summed E-state index contributed by atoms with van der Waals surface area (Å²) in [7, 11) is 0. The highest BCUT2D eigenvalue weighted by Crippen LogP contribution is 2.35. The van der Waals surface area contributed by atoms with E-state index < -0.39 is 11.6 Å². The zero-order chi connectivity index (χ0) is 14.6. The first kappa shape index (κ1) is 16.1. The number of nitrogens with zero attached hydrogens (tertiary/aromatic N) is 1.